The molecule has 0 aromatic heterocycles. The molecule has 1 fully saturated rings. The number of amides is 1. The fourth-order valence-electron chi connectivity index (χ4n) is 3.48. The Bertz CT molecular complexity index is 784. The molecule has 0 bridgehead atoms. The minimum atomic E-state index is -0.230. The summed E-state index contributed by atoms with van der Waals surface area (Å²) in [4.78, 5) is 13.9. The van der Waals surface area contributed by atoms with Gasteiger partial charge in [0, 0.05) is 11.1 Å². The molecule has 3 rings (SSSR count). The second-order valence-corrected chi connectivity index (χ2v) is 6.77. The van der Waals surface area contributed by atoms with E-state index in [0.717, 1.165) is 37.8 Å². The van der Waals surface area contributed by atoms with Crippen molar-refractivity contribution >= 4 is 11.6 Å². The van der Waals surface area contributed by atoms with Crippen molar-refractivity contribution in [2.45, 2.75) is 19.9 Å². The van der Waals surface area contributed by atoms with Gasteiger partial charge in [0.15, 0.2) is 6.04 Å². The molecule has 2 aromatic rings. The summed E-state index contributed by atoms with van der Waals surface area (Å²) in [6.07, 6.45) is 0. The quantitative estimate of drug-likeness (QED) is 0.567. The number of carbonyl (C=O) groups is 1. The number of ether oxygens (including phenoxy) is 2. The smallest absolute Gasteiger partial charge is 0.271 e. The predicted octanol–water partition coefficient (Wildman–Crippen LogP) is 1.85. The summed E-state index contributed by atoms with van der Waals surface area (Å²) in [7, 11) is 0. The largest absolute Gasteiger partial charge is 0.494 e. The van der Waals surface area contributed by atoms with Gasteiger partial charge in [-0.25, -0.2) is 5.43 Å². The topological polar surface area (TPSA) is 64.4 Å². The maximum Gasteiger partial charge on any atom is 0.271 e. The molecule has 2 N–H and O–H groups in total. The van der Waals surface area contributed by atoms with Crippen LogP contribution in [0.5, 0.6) is 5.75 Å². The van der Waals surface area contributed by atoms with Crippen LogP contribution in [0.4, 0.5) is 0 Å². The van der Waals surface area contributed by atoms with Crippen molar-refractivity contribution < 1.29 is 19.2 Å². The highest BCUT2D eigenvalue weighted by molar-refractivity contribution is 5.96. The van der Waals surface area contributed by atoms with E-state index in [1.165, 1.54) is 10.5 Å². The van der Waals surface area contributed by atoms with Crippen LogP contribution in [0.25, 0.3) is 0 Å². The molecule has 0 unspecified atom stereocenters. The monoisotopic (exact) mass is 382 g/mol. The first-order chi connectivity index (χ1) is 13.7. The van der Waals surface area contributed by atoms with Gasteiger partial charge in [-0.2, -0.15) is 5.10 Å². The molecule has 1 aliphatic heterocycles. The fraction of sp³-hybridized carbons (Fsp3) is 0.364. The first-order valence-corrected chi connectivity index (χ1v) is 9.73. The number of morpholine rings is 1. The minimum Gasteiger partial charge on any atom is -0.494 e. The van der Waals surface area contributed by atoms with Gasteiger partial charge in [0.05, 0.1) is 25.5 Å². The van der Waals surface area contributed by atoms with E-state index in [1.54, 1.807) is 24.3 Å². The van der Waals surface area contributed by atoms with Crippen LogP contribution >= 0.6 is 0 Å². The Morgan fingerprint density at radius 2 is 1.82 bits per heavy atom. The molecule has 6 heteroatoms. The fourth-order valence-corrected chi connectivity index (χ4v) is 3.48. The van der Waals surface area contributed by atoms with Crippen LogP contribution in [0.3, 0.4) is 0 Å². The standard InChI is InChI=1S/C22H27N3O3/c1-3-28-20-11-9-19(10-12-20)22(26)24-23-17(2)21(18-7-5-4-6-8-18)25-13-15-27-16-14-25/h4-12,21H,3,13-16H2,1-2H3,(H,24,26)/p+1/b23-17-/t21-/m0/s1. The molecule has 28 heavy (non-hydrogen) atoms. The third-order valence-electron chi connectivity index (χ3n) is 4.86. The number of nitrogens with one attached hydrogen (secondary N) is 2. The molecule has 1 heterocycles. The number of nitrogens with zero attached hydrogens (tertiary/aromatic N) is 1. The highest BCUT2D eigenvalue weighted by atomic mass is 16.5. The van der Waals surface area contributed by atoms with Crippen molar-refractivity contribution in [3.05, 3.63) is 65.7 Å². The first kappa shape index (κ1) is 20.0. The van der Waals surface area contributed by atoms with Crippen molar-refractivity contribution in [3.8, 4) is 5.75 Å². The Labute approximate surface area is 166 Å². The van der Waals surface area contributed by atoms with Crippen molar-refractivity contribution in [2.24, 2.45) is 5.10 Å². The second-order valence-electron chi connectivity index (χ2n) is 6.77. The molecule has 6 nitrogen and oxygen atoms in total. The van der Waals surface area contributed by atoms with Crippen LogP contribution in [-0.4, -0.2) is 44.5 Å². The third-order valence-corrected chi connectivity index (χ3v) is 4.86. The van der Waals surface area contributed by atoms with Gasteiger partial charge in [-0.15, -0.1) is 0 Å². The van der Waals surface area contributed by atoms with Crippen LogP contribution in [0, 0.1) is 0 Å². The van der Waals surface area contributed by atoms with Crippen molar-refractivity contribution in [1.29, 1.82) is 0 Å². The van der Waals surface area contributed by atoms with Crippen LogP contribution in [0.15, 0.2) is 59.7 Å². The molecule has 0 aliphatic carbocycles. The maximum absolute atomic E-state index is 12.5. The number of carbonyl (C=O) groups excluding carboxylic acids is 1. The summed E-state index contributed by atoms with van der Waals surface area (Å²) in [5.41, 5.74) is 5.32. The van der Waals surface area contributed by atoms with Gasteiger partial charge in [0.25, 0.3) is 5.91 Å². The Kier molecular flexibility index (Phi) is 7.17. The van der Waals surface area contributed by atoms with E-state index in [2.05, 4.69) is 22.7 Å². The molecule has 2 aromatic carbocycles. The molecule has 0 spiro atoms. The molecule has 1 amide bonds. The Balaban J connectivity index is 1.73. The highest BCUT2D eigenvalue weighted by Gasteiger charge is 2.29. The average Bonchev–Trinajstić information content (AvgIpc) is 2.74. The molecule has 0 saturated carbocycles. The van der Waals surface area contributed by atoms with E-state index in [-0.39, 0.29) is 11.9 Å². The molecule has 1 atom stereocenters. The summed E-state index contributed by atoms with van der Waals surface area (Å²) in [6.45, 7) is 7.81. The lowest BCUT2D eigenvalue weighted by Gasteiger charge is -2.31. The van der Waals surface area contributed by atoms with Crippen LogP contribution in [0.2, 0.25) is 0 Å². The number of benzene rings is 2. The van der Waals surface area contributed by atoms with Gasteiger partial charge >= 0.3 is 0 Å². The molecule has 0 radical (unpaired) electrons. The summed E-state index contributed by atoms with van der Waals surface area (Å²) in [5.74, 6) is 0.518. The van der Waals surface area contributed by atoms with Crippen molar-refractivity contribution in [2.75, 3.05) is 32.9 Å². The number of hydrazone groups is 1. The van der Waals surface area contributed by atoms with Gasteiger partial charge in [-0.1, -0.05) is 30.3 Å². The van der Waals surface area contributed by atoms with Crippen LogP contribution < -0.4 is 15.1 Å². The zero-order valence-electron chi connectivity index (χ0n) is 16.5. The molecular formula is C22H28N3O3+. The number of hydrogen-bond acceptors (Lipinski definition) is 4. The summed E-state index contributed by atoms with van der Waals surface area (Å²) in [5, 5.41) is 4.44. The summed E-state index contributed by atoms with van der Waals surface area (Å²) in [6, 6.07) is 17.5. The second kappa shape index (κ2) is 10.0. The molecule has 1 saturated heterocycles. The highest BCUT2D eigenvalue weighted by Crippen LogP contribution is 2.13. The van der Waals surface area contributed by atoms with Gasteiger partial charge in [-0.05, 0) is 38.1 Å². The first-order valence-electron chi connectivity index (χ1n) is 9.73. The van der Waals surface area contributed by atoms with E-state index in [0.29, 0.717) is 12.2 Å². The lowest BCUT2D eigenvalue weighted by atomic mass is 10.0. The van der Waals surface area contributed by atoms with Crippen LogP contribution in [-0.2, 0) is 4.74 Å². The van der Waals surface area contributed by atoms with Gasteiger partial charge in [-0.3, -0.25) is 4.79 Å². The predicted molar refractivity (Wildman–Crippen MR) is 109 cm³/mol. The average molecular weight is 382 g/mol. The third kappa shape index (κ3) is 5.18. The summed E-state index contributed by atoms with van der Waals surface area (Å²) >= 11 is 0. The molecule has 1 aliphatic rings. The van der Waals surface area contributed by atoms with E-state index in [1.807, 2.05) is 32.0 Å². The van der Waals surface area contributed by atoms with Gasteiger partial charge in [0.1, 0.15) is 18.8 Å². The van der Waals surface area contributed by atoms with Crippen molar-refractivity contribution in [3.63, 3.8) is 0 Å². The van der Waals surface area contributed by atoms with E-state index in [4.69, 9.17) is 9.47 Å². The SMILES string of the molecule is CCOc1ccc(C(=O)N/N=C(/C)[C@@H](c2ccccc2)[NH+]2CCOCC2)cc1. The van der Waals surface area contributed by atoms with Crippen LogP contribution in [0.1, 0.15) is 35.8 Å². The zero-order valence-corrected chi connectivity index (χ0v) is 16.5. The van der Waals surface area contributed by atoms with E-state index in [9.17, 15) is 4.79 Å². The van der Waals surface area contributed by atoms with Gasteiger partial charge in [0.2, 0.25) is 0 Å². The Morgan fingerprint density at radius 1 is 1.14 bits per heavy atom. The Hall–Kier alpha value is -2.70. The normalized spacial score (nSPS) is 16.4. The van der Waals surface area contributed by atoms with Gasteiger partial charge < -0.3 is 14.4 Å². The van der Waals surface area contributed by atoms with Crippen molar-refractivity contribution in [1.82, 2.24) is 5.43 Å². The zero-order chi connectivity index (χ0) is 19.8. The number of quaternary nitrogens is 1. The molecule has 148 valence electrons. The lowest BCUT2D eigenvalue weighted by molar-refractivity contribution is -0.928. The lowest BCUT2D eigenvalue weighted by Crippen LogP contribution is -3.15. The van der Waals surface area contributed by atoms with E-state index < -0.39 is 0 Å². The van der Waals surface area contributed by atoms with E-state index >= 15 is 0 Å². The number of hydrogen-bond donors (Lipinski definition) is 2. The Morgan fingerprint density at radius 3 is 2.46 bits per heavy atom. The summed E-state index contributed by atoms with van der Waals surface area (Å²) < 4.78 is 10.9. The minimum absolute atomic E-state index is 0.0886. The number of rotatable bonds is 7. The maximum atomic E-state index is 12.5. The molecular weight excluding hydrogens is 354 g/mol.